The van der Waals surface area contributed by atoms with Crippen LogP contribution in [-0.4, -0.2) is 29.6 Å². The number of aryl methyl sites for hydroxylation is 1. The van der Waals surface area contributed by atoms with Crippen LogP contribution in [0.25, 0.3) is 0 Å². The van der Waals surface area contributed by atoms with E-state index in [0.717, 1.165) is 5.56 Å². The molecule has 128 valence electrons. The maximum absolute atomic E-state index is 12.4. The number of hydrogen-bond acceptors (Lipinski definition) is 5. The highest BCUT2D eigenvalue weighted by Crippen LogP contribution is 2.29. The molecule has 0 fully saturated rings. The van der Waals surface area contributed by atoms with E-state index in [2.05, 4.69) is 5.32 Å². The van der Waals surface area contributed by atoms with Crippen LogP contribution in [0.4, 0.5) is 5.69 Å². The Balaban J connectivity index is 2.24. The van der Waals surface area contributed by atoms with Crippen LogP contribution in [0.2, 0.25) is 0 Å². The van der Waals surface area contributed by atoms with Gasteiger partial charge in [0.25, 0.3) is 11.6 Å². The van der Waals surface area contributed by atoms with E-state index in [-0.39, 0.29) is 17.4 Å². The minimum absolute atomic E-state index is 0.130. The van der Waals surface area contributed by atoms with Crippen molar-refractivity contribution in [3.8, 4) is 11.5 Å². The summed E-state index contributed by atoms with van der Waals surface area (Å²) in [6, 6.07) is 6.15. The van der Waals surface area contributed by atoms with E-state index in [1.54, 1.807) is 46.4 Å². The highest BCUT2D eigenvalue weighted by atomic mass is 16.6. The van der Waals surface area contributed by atoms with Crippen molar-refractivity contribution >= 4 is 11.6 Å². The Hall–Kier alpha value is -3.03. The van der Waals surface area contributed by atoms with Crippen molar-refractivity contribution in [3.63, 3.8) is 0 Å². The molecular formula is C16H19N3O5. The van der Waals surface area contributed by atoms with E-state index >= 15 is 0 Å². The minimum atomic E-state index is -0.536. The molecule has 24 heavy (non-hydrogen) atoms. The molecule has 1 aromatic carbocycles. The number of methoxy groups -OCH3 is 2. The molecule has 1 N–H and O–H groups in total. The molecule has 0 aliphatic rings. The highest BCUT2D eigenvalue weighted by molar-refractivity contribution is 5.93. The first-order chi connectivity index (χ1) is 11.4. The second-order valence-electron chi connectivity index (χ2n) is 5.25. The quantitative estimate of drug-likeness (QED) is 0.647. The zero-order valence-corrected chi connectivity index (χ0v) is 13.9. The van der Waals surface area contributed by atoms with Crippen LogP contribution in [0.3, 0.4) is 0 Å². The highest BCUT2D eigenvalue weighted by Gasteiger charge is 2.21. The second kappa shape index (κ2) is 7.03. The number of ether oxygens (including phenoxy) is 2. The van der Waals surface area contributed by atoms with Crippen molar-refractivity contribution in [1.82, 2.24) is 9.88 Å². The number of aromatic nitrogens is 1. The monoisotopic (exact) mass is 333 g/mol. The number of benzene rings is 1. The Morgan fingerprint density at radius 2 is 2.00 bits per heavy atom. The number of carbonyl (C=O) groups is 1. The van der Waals surface area contributed by atoms with Crippen LogP contribution >= 0.6 is 0 Å². The third kappa shape index (κ3) is 3.48. The Morgan fingerprint density at radius 1 is 1.29 bits per heavy atom. The van der Waals surface area contributed by atoms with Crippen LogP contribution in [0, 0.1) is 10.1 Å². The molecule has 0 saturated carbocycles. The summed E-state index contributed by atoms with van der Waals surface area (Å²) in [5.74, 6) is 0.839. The van der Waals surface area contributed by atoms with Crippen LogP contribution < -0.4 is 14.8 Å². The molecule has 0 aliphatic carbocycles. The number of amides is 1. The number of rotatable bonds is 6. The van der Waals surface area contributed by atoms with E-state index in [1.807, 2.05) is 0 Å². The van der Waals surface area contributed by atoms with Crippen LogP contribution in [0.5, 0.6) is 11.5 Å². The van der Waals surface area contributed by atoms with Gasteiger partial charge in [-0.25, -0.2) is 0 Å². The van der Waals surface area contributed by atoms with Gasteiger partial charge >= 0.3 is 0 Å². The van der Waals surface area contributed by atoms with Crippen LogP contribution in [0.15, 0.2) is 30.5 Å². The van der Waals surface area contributed by atoms with Gasteiger partial charge in [0.2, 0.25) is 0 Å². The molecule has 0 bridgehead atoms. The van der Waals surface area contributed by atoms with Crippen molar-refractivity contribution in [2.45, 2.75) is 13.0 Å². The Morgan fingerprint density at radius 3 is 2.54 bits per heavy atom. The van der Waals surface area contributed by atoms with E-state index < -0.39 is 10.8 Å². The molecule has 1 amide bonds. The topological polar surface area (TPSA) is 95.6 Å². The lowest BCUT2D eigenvalue weighted by molar-refractivity contribution is -0.384. The SMILES string of the molecule is COc1ccc(OC)c(C(C)NC(=O)c2cc([N+](=O)[O-])cn2C)c1. The van der Waals surface area contributed by atoms with E-state index in [4.69, 9.17) is 9.47 Å². The third-order valence-corrected chi connectivity index (χ3v) is 3.68. The molecule has 1 heterocycles. The summed E-state index contributed by atoms with van der Waals surface area (Å²) < 4.78 is 11.9. The van der Waals surface area contributed by atoms with Gasteiger partial charge in [0, 0.05) is 18.7 Å². The first kappa shape index (κ1) is 17.3. The number of nitro groups is 1. The average Bonchev–Trinajstić information content (AvgIpc) is 2.96. The van der Waals surface area contributed by atoms with Crippen molar-refractivity contribution < 1.29 is 19.2 Å². The average molecular weight is 333 g/mol. The lowest BCUT2D eigenvalue weighted by Crippen LogP contribution is -2.28. The molecule has 8 nitrogen and oxygen atoms in total. The Bertz CT molecular complexity index is 769. The molecule has 0 saturated heterocycles. The van der Waals surface area contributed by atoms with Gasteiger partial charge in [-0.2, -0.15) is 0 Å². The zero-order valence-electron chi connectivity index (χ0n) is 13.9. The smallest absolute Gasteiger partial charge is 0.287 e. The molecule has 0 radical (unpaired) electrons. The molecule has 1 unspecified atom stereocenters. The summed E-state index contributed by atoms with van der Waals surface area (Å²) in [4.78, 5) is 22.7. The molecule has 2 aromatic rings. The van der Waals surface area contributed by atoms with Gasteiger partial charge in [-0.1, -0.05) is 0 Å². The number of nitrogens with zero attached hydrogens (tertiary/aromatic N) is 2. The molecule has 1 atom stereocenters. The lowest BCUT2D eigenvalue weighted by Gasteiger charge is -2.18. The fraction of sp³-hybridized carbons (Fsp3) is 0.312. The normalized spacial score (nSPS) is 11.7. The largest absolute Gasteiger partial charge is 0.497 e. The van der Waals surface area contributed by atoms with Gasteiger partial charge in [-0.05, 0) is 25.1 Å². The second-order valence-corrected chi connectivity index (χ2v) is 5.25. The predicted octanol–water partition coefficient (Wildman–Crippen LogP) is 2.44. The van der Waals surface area contributed by atoms with Crippen molar-refractivity contribution in [3.05, 3.63) is 51.8 Å². The van der Waals surface area contributed by atoms with Crippen LogP contribution in [0.1, 0.15) is 29.0 Å². The maximum Gasteiger partial charge on any atom is 0.287 e. The Labute approximate surface area is 139 Å². The minimum Gasteiger partial charge on any atom is -0.497 e. The summed E-state index contributed by atoms with van der Waals surface area (Å²) in [7, 11) is 4.68. The summed E-state index contributed by atoms with van der Waals surface area (Å²) in [5, 5.41) is 13.6. The van der Waals surface area contributed by atoms with E-state index in [0.29, 0.717) is 11.5 Å². The maximum atomic E-state index is 12.4. The predicted molar refractivity (Wildman–Crippen MR) is 87.5 cm³/mol. The summed E-state index contributed by atoms with van der Waals surface area (Å²) >= 11 is 0. The molecular weight excluding hydrogens is 314 g/mol. The Kier molecular flexibility index (Phi) is 5.08. The summed E-state index contributed by atoms with van der Waals surface area (Å²) in [5.41, 5.74) is 0.818. The van der Waals surface area contributed by atoms with Crippen molar-refractivity contribution in [2.24, 2.45) is 7.05 Å². The third-order valence-electron chi connectivity index (χ3n) is 3.68. The van der Waals surface area contributed by atoms with Crippen molar-refractivity contribution in [2.75, 3.05) is 14.2 Å². The first-order valence-corrected chi connectivity index (χ1v) is 7.21. The molecule has 2 rings (SSSR count). The van der Waals surface area contributed by atoms with Crippen molar-refractivity contribution in [1.29, 1.82) is 0 Å². The van der Waals surface area contributed by atoms with Gasteiger partial charge in [-0.15, -0.1) is 0 Å². The standard InChI is InChI=1S/C16H19N3O5/c1-10(13-8-12(23-3)5-6-15(13)24-4)17-16(20)14-7-11(19(21)22)9-18(14)2/h5-10H,1-4H3,(H,17,20). The van der Waals surface area contributed by atoms with Gasteiger partial charge in [0.15, 0.2) is 0 Å². The van der Waals surface area contributed by atoms with Gasteiger partial charge in [0.05, 0.1) is 31.4 Å². The van der Waals surface area contributed by atoms with Gasteiger partial charge in [0.1, 0.15) is 17.2 Å². The van der Waals surface area contributed by atoms with Gasteiger partial charge < -0.3 is 19.4 Å². The molecule has 8 heteroatoms. The summed E-state index contributed by atoms with van der Waals surface area (Å²) in [6.45, 7) is 1.80. The number of nitrogens with one attached hydrogen (secondary N) is 1. The van der Waals surface area contributed by atoms with Gasteiger partial charge in [-0.3, -0.25) is 14.9 Å². The lowest BCUT2D eigenvalue weighted by atomic mass is 10.1. The number of carbonyl (C=O) groups excluding carboxylic acids is 1. The molecule has 0 spiro atoms. The van der Waals surface area contributed by atoms with E-state index in [9.17, 15) is 14.9 Å². The molecule has 1 aromatic heterocycles. The molecule has 0 aliphatic heterocycles. The fourth-order valence-electron chi connectivity index (χ4n) is 2.40. The van der Waals surface area contributed by atoms with Crippen LogP contribution in [-0.2, 0) is 7.05 Å². The number of hydrogen-bond donors (Lipinski definition) is 1. The summed E-state index contributed by atoms with van der Waals surface area (Å²) in [6.07, 6.45) is 1.30. The zero-order chi connectivity index (χ0) is 17.9. The fourth-order valence-corrected chi connectivity index (χ4v) is 2.40. The van der Waals surface area contributed by atoms with E-state index in [1.165, 1.54) is 16.8 Å². The first-order valence-electron chi connectivity index (χ1n) is 7.21.